The van der Waals surface area contributed by atoms with Crippen LogP contribution in [0.3, 0.4) is 0 Å². The molecule has 1 aromatic carbocycles. The molecule has 5 rings (SSSR count). The summed E-state index contributed by atoms with van der Waals surface area (Å²) in [6.45, 7) is 11.8. The average Bonchev–Trinajstić information content (AvgIpc) is 3.35. The van der Waals surface area contributed by atoms with Crippen molar-refractivity contribution in [2.24, 2.45) is 23.2 Å². The van der Waals surface area contributed by atoms with E-state index >= 15 is 0 Å². The van der Waals surface area contributed by atoms with Gasteiger partial charge in [-0.1, -0.05) is 38.8 Å². The second kappa shape index (κ2) is 12.5. The highest BCUT2D eigenvalue weighted by Gasteiger charge is 2.54. The molecule has 8 nitrogen and oxygen atoms in total. The zero-order valence-electron chi connectivity index (χ0n) is 25.6. The number of nitrogens with zero attached hydrogens (tertiary/aromatic N) is 4. The van der Waals surface area contributed by atoms with Crippen molar-refractivity contribution in [3.05, 3.63) is 46.0 Å². The number of fused-ring (bicyclic) bond motifs is 2. The lowest BCUT2D eigenvalue weighted by Crippen LogP contribution is -2.53. The van der Waals surface area contributed by atoms with E-state index in [0.29, 0.717) is 10.7 Å². The molecule has 226 valence electrons. The van der Waals surface area contributed by atoms with E-state index < -0.39 is 6.10 Å². The molecule has 2 amide bonds. The van der Waals surface area contributed by atoms with Crippen LogP contribution in [0.25, 0.3) is 0 Å². The molecule has 2 aliphatic carbocycles. The maximum absolute atomic E-state index is 13.1. The molecular formula is C33H45N5O3S. The van der Waals surface area contributed by atoms with Gasteiger partial charge < -0.3 is 14.9 Å². The first-order valence-electron chi connectivity index (χ1n) is 15.2. The molecule has 2 N–H and O–H groups in total. The van der Waals surface area contributed by atoms with E-state index in [1.807, 2.05) is 31.2 Å². The summed E-state index contributed by atoms with van der Waals surface area (Å²) in [5, 5.41) is 15.3. The van der Waals surface area contributed by atoms with Gasteiger partial charge in [-0.05, 0) is 61.3 Å². The number of amides is 2. The lowest BCUT2D eigenvalue weighted by molar-refractivity contribution is -0.142. The molecule has 1 saturated carbocycles. The molecule has 42 heavy (non-hydrogen) atoms. The Morgan fingerprint density at radius 1 is 1.26 bits per heavy atom. The number of nitrogens with one attached hydrogen (secondary N) is 1. The Balaban J connectivity index is 1.25. The van der Waals surface area contributed by atoms with Crippen LogP contribution in [0.5, 0.6) is 0 Å². The second-order valence-corrected chi connectivity index (χ2v) is 14.2. The highest BCUT2D eigenvalue weighted by molar-refractivity contribution is 7.15. The van der Waals surface area contributed by atoms with Gasteiger partial charge >= 0.3 is 0 Å². The van der Waals surface area contributed by atoms with Crippen LogP contribution in [0.15, 0.2) is 24.3 Å². The van der Waals surface area contributed by atoms with Crippen LogP contribution >= 0.6 is 11.3 Å². The lowest BCUT2D eigenvalue weighted by Gasteiger charge is -2.53. The fourth-order valence-electron chi connectivity index (χ4n) is 7.54. The monoisotopic (exact) mass is 591 g/mol. The first-order valence-corrected chi connectivity index (χ1v) is 16.0. The lowest BCUT2D eigenvalue weighted by atomic mass is 9.53. The molecule has 1 aromatic heterocycles. The minimum Gasteiger partial charge on any atom is -0.392 e. The van der Waals surface area contributed by atoms with Gasteiger partial charge in [0.05, 0.1) is 18.3 Å². The van der Waals surface area contributed by atoms with Crippen molar-refractivity contribution in [3.63, 3.8) is 0 Å². The summed E-state index contributed by atoms with van der Waals surface area (Å²) in [5.74, 6) is 1.91. The first-order chi connectivity index (χ1) is 20.0. The molecule has 0 bridgehead atoms. The number of aliphatic hydroxyl groups excluding tert-OH is 1. The van der Waals surface area contributed by atoms with Crippen molar-refractivity contribution in [1.82, 2.24) is 19.7 Å². The first kappa shape index (κ1) is 30.7. The number of anilines is 1. The zero-order chi connectivity index (χ0) is 30.2. The van der Waals surface area contributed by atoms with Crippen LogP contribution in [0, 0.1) is 35.5 Å². The summed E-state index contributed by atoms with van der Waals surface area (Å²) in [6.07, 6.45) is 7.34. The number of carbonyl (C=O) groups excluding carboxylic acids is 2. The molecule has 2 fully saturated rings. The van der Waals surface area contributed by atoms with E-state index in [4.69, 9.17) is 11.4 Å². The molecular weight excluding hydrogens is 546 g/mol. The van der Waals surface area contributed by atoms with Gasteiger partial charge in [0, 0.05) is 62.0 Å². The van der Waals surface area contributed by atoms with E-state index in [2.05, 4.69) is 41.9 Å². The van der Waals surface area contributed by atoms with Crippen molar-refractivity contribution in [3.8, 4) is 12.3 Å². The van der Waals surface area contributed by atoms with Crippen LogP contribution < -0.4 is 5.32 Å². The van der Waals surface area contributed by atoms with Gasteiger partial charge in [0.15, 0.2) is 5.13 Å². The molecule has 1 aliphatic heterocycles. The minimum absolute atomic E-state index is 0.0121. The number of rotatable bonds is 7. The molecule has 2 aromatic rings. The smallest absolute Gasteiger partial charge is 0.257 e. The van der Waals surface area contributed by atoms with Crippen LogP contribution in [0.2, 0.25) is 0 Å². The van der Waals surface area contributed by atoms with Crippen molar-refractivity contribution in [1.29, 1.82) is 0 Å². The second-order valence-electron chi connectivity index (χ2n) is 13.1. The maximum Gasteiger partial charge on any atom is 0.257 e. The number of piperazine rings is 1. The van der Waals surface area contributed by atoms with Crippen molar-refractivity contribution >= 4 is 28.3 Å². The summed E-state index contributed by atoms with van der Waals surface area (Å²) in [6, 6.07) is 7.88. The normalized spacial score (nSPS) is 28.7. The number of benzene rings is 1. The predicted molar refractivity (Wildman–Crippen MR) is 167 cm³/mol. The Kier molecular flexibility index (Phi) is 9.10. The predicted octanol–water partition coefficient (Wildman–Crippen LogP) is 3.92. The summed E-state index contributed by atoms with van der Waals surface area (Å²) in [5.41, 5.74) is 2.69. The third kappa shape index (κ3) is 6.14. The average molecular weight is 592 g/mol. The van der Waals surface area contributed by atoms with Crippen LogP contribution in [0.4, 0.5) is 5.13 Å². The Hall–Kier alpha value is -2.77. The largest absolute Gasteiger partial charge is 0.392 e. The van der Waals surface area contributed by atoms with Crippen molar-refractivity contribution < 1.29 is 14.7 Å². The van der Waals surface area contributed by atoms with Crippen LogP contribution in [0.1, 0.15) is 66.0 Å². The fourth-order valence-corrected chi connectivity index (χ4v) is 8.80. The van der Waals surface area contributed by atoms with Gasteiger partial charge in [0.25, 0.3) is 5.91 Å². The van der Waals surface area contributed by atoms with Gasteiger partial charge in [0.1, 0.15) is 0 Å². The van der Waals surface area contributed by atoms with E-state index in [0.717, 1.165) is 57.7 Å². The molecule has 1 saturated heterocycles. The summed E-state index contributed by atoms with van der Waals surface area (Å²) >= 11 is 1.55. The zero-order valence-corrected chi connectivity index (χ0v) is 26.4. The number of thiazole rings is 1. The van der Waals surface area contributed by atoms with E-state index in [-0.39, 0.29) is 47.4 Å². The Morgan fingerprint density at radius 2 is 1.95 bits per heavy atom. The molecule has 6 atom stereocenters. The number of terminal acetylenes is 1. The molecule has 3 aliphatic rings. The van der Waals surface area contributed by atoms with Gasteiger partial charge in [0.2, 0.25) is 5.91 Å². The summed E-state index contributed by atoms with van der Waals surface area (Å²) < 4.78 is 0. The topological polar surface area (TPSA) is 89.0 Å². The summed E-state index contributed by atoms with van der Waals surface area (Å²) in [4.78, 5) is 38.6. The number of aromatic nitrogens is 1. The van der Waals surface area contributed by atoms with Gasteiger partial charge in [-0.2, -0.15) is 0 Å². The molecule has 0 radical (unpaired) electrons. The van der Waals surface area contributed by atoms with Crippen LogP contribution in [-0.4, -0.2) is 89.5 Å². The van der Waals surface area contributed by atoms with Gasteiger partial charge in [-0.25, -0.2) is 4.98 Å². The number of carbonyl (C=O) groups is 2. The number of hydrogen-bond donors (Lipinski definition) is 2. The summed E-state index contributed by atoms with van der Waals surface area (Å²) in [7, 11) is 3.88. The molecule has 0 unspecified atom stereocenters. The van der Waals surface area contributed by atoms with Gasteiger partial charge in [-0.15, -0.1) is 17.8 Å². The molecule has 9 heteroatoms. The molecule has 2 heterocycles. The quantitative estimate of drug-likeness (QED) is 0.475. The highest BCUT2D eigenvalue weighted by Crippen LogP contribution is 2.57. The van der Waals surface area contributed by atoms with E-state index in [9.17, 15) is 14.7 Å². The SMILES string of the molecule is C#CCN(C)C(=O)[C@@H](C)[C@@H]1CC[C@@]2(C)Cc3sc(NC(=O)c4ccc(CN5CCN(C)CC5)cc4)nc3[C@@H](C)[C@@H]2[C@H]1O. The van der Waals surface area contributed by atoms with Crippen molar-refractivity contribution in [2.45, 2.75) is 58.6 Å². The third-order valence-electron chi connectivity index (χ3n) is 10.1. The number of aliphatic hydroxyl groups is 1. The Bertz CT molecular complexity index is 1330. The van der Waals surface area contributed by atoms with E-state index in [1.54, 1.807) is 23.3 Å². The highest BCUT2D eigenvalue weighted by atomic mass is 32.1. The number of likely N-dealkylation sites (N-methyl/N-ethyl adjacent to an activating group) is 1. The minimum atomic E-state index is -0.616. The van der Waals surface area contributed by atoms with Crippen LogP contribution in [-0.2, 0) is 17.8 Å². The number of hydrogen-bond acceptors (Lipinski definition) is 7. The van der Waals surface area contributed by atoms with E-state index in [1.165, 1.54) is 10.4 Å². The standard InChI is InChI=1S/C33H45N5O3S/c1-7-14-37(6)31(41)21(2)25-12-13-33(4)19-26-28(22(3)27(33)29(25)39)34-32(42-26)35-30(40)24-10-8-23(9-11-24)20-38-17-15-36(5)16-18-38/h1,8-11,21-22,25,27,29,39H,12-20H2,2-6H3,(H,34,35,40)/t21-,22-,25-,27+,29-,33-/m0/s1. The third-order valence-corrected chi connectivity index (χ3v) is 11.1. The Morgan fingerprint density at radius 3 is 2.62 bits per heavy atom. The van der Waals surface area contributed by atoms with Crippen molar-refractivity contribution in [2.75, 3.05) is 52.1 Å². The Labute approximate surface area is 254 Å². The fraction of sp³-hybridized carbons (Fsp3) is 0.606. The molecule has 0 spiro atoms. The maximum atomic E-state index is 13.1. The van der Waals surface area contributed by atoms with Gasteiger partial charge in [-0.3, -0.25) is 19.8 Å².